The van der Waals surface area contributed by atoms with E-state index in [2.05, 4.69) is 41.5 Å². The molecule has 0 aromatic heterocycles. The molecule has 0 aliphatic carbocycles. The lowest BCUT2D eigenvalue weighted by Crippen LogP contribution is -2.38. The highest BCUT2D eigenvalue weighted by molar-refractivity contribution is 5.82. The number of hydrogen-bond acceptors (Lipinski definition) is 5. The Morgan fingerprint density at radius 2 is 1.28 bits per heavy atom. The molecule has 0 saturated carbocycles. The molecule has 0 N–H and O–H groups in total. The molecule has 5 heteroatoms. The molecule has 1 aliphatic heterocycles. The standard InChI is InChI=1S/C39H66O5.C2H6/c1-26(2)17-14-18-27(3)19-15-20-28(4)21-16-23-39(12)24-22-32-31(7)33(29(5)30(6)34(32)44-39)43-36(41)38(10,11)25-37(8,9)35(40)42-13;1-2/h26-28H,14-25H2,1-13H3;1-2H3/t27-,28-,39-;/m1./s1. The van der Waals surface area contributed by atoms with E-state index < -0.39 is 10.8 Å². The number of hydrogen-bond donors (Lipinski definition) is 0. The molecule has 1 aromatic rings. The summed E-state index contributed by atoms with van der Waals surface area (Å²) in [4.78, 5) is 25.7. The van der Waals surface area contributed by atoms with Gasteiger partial charge in [-0.15, -0.1) is 0 Å². The first kappa shape index (κ1) is 42.0. The van der Waals surface area contributed by atoms with Gasteiger partial charge >= 0.3 is 11.9 Å². The Balaban J connectivity index is 0.00000518. The number of rotatable bonds is 17. The third kappa shape index (κ3) is 12.2. The summed E-state index contributed by atoms with van der Waals surface area (Å²) in [6, 6.07) is 0. The fourth-order valence-corrected chi connectivity index (χ4v) is 7.17. The Kier molecular flexibility index (Phi) is 16.9. The maximum atomic E-state index is 13.4. The first-order valence-corrected chi connectivity index (χ1v) is 18.5. The molecular formula is C41H72O5. The Labute approximate surface area is 284 Å². The van der Waals surface area contributed by atoms with Gasteiger partial charge in [-0.2, -0.15) is 0 Å². The lowest BCUT2D eigenvalue weighted by Gasteiger charge is -2.38. The summed E-state index contributed by atoms with van der Waals surface area (Å²) >= 11 is 0. The molecule has 0 bridgehead atoms. The highest BCUT2D eigenvalue weighted by Gasteiger charge is 2.42. The van der Waals surface area contributed by atoms with Gasteiger partial charge in [0.2, 0.25) is 0 Å². The summed E-state index contributed by atoms with van der Waals surface area (Å²) < 4.78 is 17.9. The molecule has 0 amide bonds. The smallest absolute Gasteiger partial charge is 0.316 e. The van der Waals surface area contributed by atoms with Gasteiger partial charge in [0.1, 0.15) is 17.1 Å². The average Bonchev–Trinajstić information content (AvgIpc) is 2.97. The minimum atomic E-state index is -0.863. The minimum absolute atomic E-state index is 0.180. The molecule has 46 heavy (non-hydrogen) atoms. The van der Waals surface area contributed by atoms with E-state index in [1.54, 1.807) is 13.8 Å². The first-order valence-electron chi connectivity index (χ1n) is 18.5. The molecule has 0 saturated heterocycles. The number of benzene rings is 1. The number of methoxy groups -OCH3 is 1. The van der Waals surface area contributed by atoms with Crippen LogP contribution in [0.1, 0.15) is 169 Å². The molecule has 266 valence electrons. The number of ether oxygens (including phenoxy) is 3. The van der Waals surface area contributed by atoms with E-state index in [9.17, 15) is 9.59 Å². The second kappa shape index (κ2) is 18.5. The van der Waals surface area contributed by atoms with Crippen molar-refractivity contribution >= 4 is 11.9 Å². The fourth-order valence-electron chi connectivity index (χ4n) is 7.17. The topological polar surface area (TPSA) is 61.8 Å². The van der Waals surface area contributed by atoms with Crippen LogP contribution in [0.25, 0.3) is 0 Å². The Hall–Kier alpha value is -2.04. The van der Waals surface area contributed by atoms with Crippen LogP contribution in [-0.4, -0.2) is 24.6 Å². The Bertz CT molecular complexity index is 1110. The average molecular weight is 645 g/mol. The van der Waals surface area contributed by atoms with E-state index in [0.29, 0.717) is 12.2 Å². The monoisotopic (exact) mass is 645 g/mol. The lowest BCUT2D eigenvalue weighted by molar-refractivity contribution is -0.155. The maximum Gasteiger partial charge on any atom is 0.316 e. The predicted molar refractivity (Wildman–Crippen MR) is 194 cm³/mol. The lowest BCUT2D eigenvalue weighted by atomic mass is 9.75. The largest absolute Gasteiger partial charge is 0.487 e. The normalized spacial score (nSPS) is 17.7. The van der Waals surface area contributed by atoms with Gasteiger partial charge in [0, 0.05) is 5.56 Å². The Morgan fingerprint density at radius 3 is 1.80 bits per heavy atom. The van der Waals surface area contributed by atoms with E-state index in [1.807, 2.05) is 41.5 Å². The van der Waals surface area contributed by atoms with Gasteiger partial charge in [0.25, 0.3) is 0 Å². The van der Waals surface area contributed by atoms with Crippen molar-refractivity contribution in [2.24, 2.45) is 28.6 Å². The molecule has 2 rings (SSSR count). The van der Waals surface area contributed by atoms with Crippen molar-refractivity contribution < 1.29 is 23.8 Å². The van der Waals surface area contributed by atoms with Crippen molar-refractivity contribution in [1.29, 1.82) is 0 Å². The van der Waals surface area contributed by atoms with E-state index in [-0.39, 0.29) is 17.5 Å². The molecule has 0 spiro atoms. The van der Waals surface area contributed by atoms with Crippen molar-refractivity contribution in [2.45, 2.75) is 180 Å². The highest BCUT2D eigenvalue weighted by atomic mass is 16.5. The zero-order valence-electron chi connectivity index (χ0n) is 32.8. The summed E-state index contributed by atoms with van der Waals surface area (Å²) in [6.45, 7) is 29.2. The number of carbonyl (C=O) groups is 2. The Morgan fingerprint density at radius 1 is 0.783 bits per heavy atom. The second-order valence-electron chi connectivity index (χ2n) is 16.2. The van der Waals surface area contributed by atoms with Crippen LogP contribution in [0.3, 0.4) is 0 Å². The molecule has 3 atom stereocenters. The molecule has 0 fully saturated rings. The predicted octanol–water partition coefficient (Wildman–Crippen LogP) is 11.7. The first-order chi connectivity index (χ1) is 21.3. The van der Waals surface area contributed by atoms with Crippen molar-refractivity contribution in [1.82, 2.24) is 0 Å². The van der Waals surface area contributed by atoms with Gasteiger partial charge in [0.15, 0.2) is 0 Å². The SMILES string of the molecule is CC.COC(=O)C(C)(C)CC(C)(C)C(=O)Oc1c(C)c(C)c2c(c1C)CC[C@@](C)(CCC[C@H](C)CCC[C@H](C)CCCC(C)C)O2. The molecule has 1 aromatic carbocycles. The summed E-state index contributed by atoms with van der Waals surface area (Å²) in [5.41, 5.74) is 2.27. The van der Waals surface area contributed by atoms with Crippen molar-refractivity contribution in [3.05, 3.63) is 22.3 Å². The second-order valence-corrected chi connectivity index (χ2v) is 16.2. The molecule has 0 radical (unpaired) electrons. The van der Waals surface area contributed by atoms with Crippen molar-refractivity contribution in [3.63, 3.8) is 0 Å². The van der Waals surface area contributed by atoms with Crippen LogP contribution >= 0.6 is 0 Å². The molecule has 5 nitrogen and oxygen atoms in total. The van der Waals surface area contributed by atoms with Gasteiger partial charge in [-0.3, -0.25) is 9.59 Å². The van der Waals surface area contributed by atoms with Crippen molar-refractivity contribution in [2.75, 3.05) is 7.11 Å². The molecule has 1 aliphatic rings. The summed E-state index contributed by atoms with van der Waals surface area (Å²) in [5, 5.41) is 0. The van der Waals surface area contributed by atoms with Gasteiger partial charge in [-0.05, 0) is 122 Å². The van der Waals surface area contributed by atoms with Crippen LogP contribution < -0.4 is 9.47 Å². The minimum Gasteiger partial charge on any atom is -0.487 e. The zero-order chi connectivity index (χ0) is 35.5. The third-order valence-corrected chi connectivity index (χ3v) is 10.2. The summed E-state index contributed by atoms with van der Waals surface area (Å²) in [7, 11) is 1.38. The molecule has 0 unspecified atom stereocenters. The summed E-state index contributed by atoms with van der Waals surface area (Å²) in [6.07, 6.45) is 13.8. The van der Waals surface area contributed by atoms with Gasteiger partial charge in [0.05, 0.1) is 17.9 Å². The van der Waals surface area contributed by atoms with E-state index >= 15 is 0 Å². The molecule has 1 heterocycles. The zero-order valence-corrected chi connectivity index (χ0v) is 32.8. The van der Waals surface area contributed by atoms with Crippen LogP contribution in [0.5, 0.6) is 11.5 Å². The van der Waals surface area contributed by atoms with Crippen LogP contribution in [0.2, 0.25) is 0 Å². The van der Waals surface area contributed by atoms with Crippen LogP contribution in [0.4, 0.5) is 0 Å². The number of fused-ring (bicyclic) bond motifs is 1. The van der Waals surface area contributed by atoms with Gasteiger partial charge in [-0.25, -0.2) is 0 Å². The third-order valence-electron chi connectivity index (χ3n) is 10.2. The van der Waals surface area contributed by atoms with Crippen molar-refractivity contribution in [3.8, 4) is 11.5 Å². The number of esters is 2. The van der Waals surface area contributed by atoms with Gasteiger partial charge in [-0.1, -0.05) is 86.5 Å². The van der Waals surface area contributed by atoms with E-state index in [1.165, 1.54) is 58.5 Å². The maximum absolute atomic E-state index is 13.4. The van der Waals surface area contributed by atoms with Crippen LogP contribution in [0.15, 0.2) is 0 Å². The van der Waals surface area contributed by atoms with Crippen LogP contribution in [-0.2, 0) is 20.7 Å². The van der Waals surface area contributed by atoms with Gasteiger partial charge < -0.3 is 14.2 Å². The highest BCUT2D eigenvalue weighted by Crippen LogP contribution is 2.46. The quantitative estimate of drug-likeness (QED) is 0.125. The fraction of sp³-hybridized carbons (Fsp3) is 0.805. The van der Waals surface area contributed by atoms with E-state index in [4.69, 9.17) is 14.2 Å². The summed E-state index contributed by atoms with van der Waals surface area (Å²) in [5.74, 6) is 3.36. The van der Waals surface area contributed by atoms with Crippen LogP contribution in [0, 0.1) is 49.4 Å². The molecular weight excluding hydrogens is 572 g/mol. The number of carbonyl (C=O) groups excluding carboxylic acids is 2. The van der Waals surface area contributed by atoms with E-state index in [0.717, 1.165) is 65.0 Å².